The van der Waals surface area contributed by atoms with Crippen LogP contribution in [0.1, 0.15) is 31.2 Å². The number of nitrogens with one attached hydrogen (secondary N) is 1. The molecule has 0 radical (unpaired) electrons. The molecule has 1 saturated heterocycles. The van der Waals surface area contributed by atoms with E-state index >= 15 is 0 Å². The van der Waals surface area contributed by atoms with Gasteiger partial charge in [0.1, 0.15) is 15.7 Å². The summed E-state index contributed by atoms with van der Waals surface area (Å²) in [5.41, 5.74) is 1.03. The van der Waals surface area contributed by atoms with Crippen molar-refractivity contribution in [2.75, 3.05) is 13.1 Å². The molecule has 0 unspecified atom stereocenters. The quantitative estimate of drug-likeness (QED) is 0.689. The van der Waals surface area contributed by atoms with Gasteiger partial charge in [0.25, 0.3) is 5.91 Å². The number of hydrazone groups is 1. The molecule has 1 aromatic carbocycles. The minimum Gasteiger partial charge on any atom is -0.337 e. The Hall–Kier alpha value is -2.63. The normalized spacial score (nSPS) is 18.0. The average Bonchev–Trinajstić information content (AvgIpc) is 3.33. The van der Waals surface area contributed by atoms with Crippen LogP contribution in [0.15, 0.2) is 51.1 Å². The molecule has 2 aromatic rings. The molecule has 1 N–H and O–H groups in total. The van der Waals surface area contributed by atoms with Gasteiger partial charge in [-0.3, -0.25) is 9.59 Å². The van der Waals surface area contributed by atoms with Crippen LogP contribution in [0, 0.1) is 5.82 Å². The van der Waals surface area contributed by atoms with Crippen molar-refractivity contribution in [2.45, 2.75) is 42.5 Å². The van der Waals surface area contributed by atoms with Crippen molar-refractivity contribution in [3.8, 4) is 0 Å². The van der Waals surface area contributed by atoms with Crippen molar-refractivity contribution in [2.24, 2.45) is 5.10 Å². The highest BCUT2D eigenvalue weighted by Crippen LogP contribution is 2.20. The lowest BCUT2D eigenvalue weighted by Crippen LogP contribution is -2.49. The fraction of sp³-hybridized carbons (Fsp3) is 0.381. The topological polar surface area (TPSA) is 99.2 Å². The Kier molecular flexibility index (Phi) is 6.68. The molecule has 1 fully saturated rings. The van der Waals surface area contributed by atoms with Crippen molar-refractivity contribution >= 4 is 38.9 Å². The first kappa shape index (κ1) is 22.6. The number of sulfonamides is 1. The van der Waals surface area contributed by atoms with Crippen molar-refractivity contribution < 1.29 is 22.4 Å². The van der Waals surface area contributed by atoms with Crippen LogP contribution < -0.4 is 4.72 Å². The van der Waals surface area contributed by atoms with Gasteiger partial charge in [-0.2, -0.15) is 5.10 Å². The zero-order chi connectivity index (χ0) is 22.7. The zero-order valence-corrected chi connectivity index (χ0v) is 18.9. The number of nitrogens with zero attached hydrogens (tertiary/aromatic N) is 3. The van der Waals surface area contributed by atoms with Gasteiger partial charge in [-0.15, -0.1) is 11.3 Å². The highest BCUT2D eigenvalue weighted by atomic mass is 32.2. The highest BCUT2D eigenvalue weighted by molar-refractivity contribution is 7.91. The molecule has 2 aliphatic heterocycles. The third-order valence-electron chi connectivity index (χ3n) is 5.46. The molecular formula is C21H23FN4O4S2. The van der Waals surface area contributed by atoms with E-state index in [2.05, 4.69) is 9.82 Å². The summed E-state index contributed by atoms with van der Waals surface area (Å²) in [6.45, 7) is 0.977. The Bertz CT molecular complexity index is 1110. The Morgan fingerprint density at radius 2 is 1.88 bits per heavy atom. The molecule has 1 aromatic heterocycles. The first-order chi connectivity index (χ1) is 15.3. The minimum absolute atomic E-state index is 0.169. The fourth-order valence-corrected chi connectivity index (χ4v) is 6.03. The monoisotopic (exact) mass is 478 g/mol. The Morgan fingerprint density at radius 1 is 1.16 bits per heavy atom. The average molecular weight is 479 g/mol. The number of halogens is 1. The lowest BCUT2D eigenvalue weighted by atomic mass is 10.0. The number of amides is 2. The molecule has 170 valence electrons. The van der Waals surface area contributed by atoms with E-state index in [1.807, 2.05) is 0 Å². The summed E-state index contributed by atoms with van der Waals surface area (Å²) in [5, 5.41) is 7.24. The number of piperidine rings is 1. The van der Waals surface area contributed by atoms with E-state index in [4.69, 9.17) is 0 Å². The number of carbonyl (C=O) groups excluding carboxylic acids is 2. The number of carbonyl (C=O) groups is 2. The van der Waals surface area contributed by atoms with Crippen LogP contribution in [0.2, 0.25) is 0 Å². The van der Waals surface area contributed by atoms with E-state index in [1.165, 1.54) is 17.1 Å². The summed E-state index contributed by atoms with van der Waals surface area (Å²) in [7, 11) is -3.55. The number of thiophene rings is 1. The van der Waals surface area contributed by atoms with Crippen LogP contribution in [0.5, 0.6) is 0 Å². The number of hydrogen-bond acceptors (Lipinski definition) is 6. The van der Waals surface area contributed by atoms with Gasteiger partial charge in [-0.25, -0.2) is 22.5 Å². The molecule has 0 bridgehead atoms. The lowest BCUT2D eigenvalue weighted by molar-refractivity contribution is -0.132. The summed E-state index contributed by atoms with van der Waals surface area (Å²) < 4.78 is 40.9. The molecule has 4 rings (SSSR count). The summed E-state index contributed by atoms with van der Waals surface area (Å²) in [5.74, 6) is -0.784. The summed E-state index contributed by atoms with van der Waals surface area (Å²) in [4.78, 5) is 26.8. The van der Waals surface area contributed by atoms with E-state index in [0.717, 1.165) is 16.9 Å². The van der Waals surface area contributed by atoms with Crippen LogP contribution in [0.4, 0.5) is 4.39 Å². The molecule has 3 heterocycles. The van der Waals surface area contributed by atoms with Gasteiger partial charge in [0.15, 0.2) is 0 Å². The van der Waals surface area contributed by atoms with Crippen molar-refractivity contribution in [1.29, 1.82) is 0 Å². The largest absolute Gasteiger partial charge is 0.337 e. The number of rotatable bonds is 6. The summed E-state index contributed by atoms with van der Waals surface area (Å²) in [6.07, 6.45) is 1.45. The van der Waals surface area contributed by atoms with E-state index in [0.29, 0.717) is 31.6 Å². The van der Waals surface area contributed by atoms with Crippen LogP contribution in [-0.4, -0.2) is 55.0 Å². The highest BCUT2D eigenvalue weighted by Gasteiger charge is 2.31. The fourth-order valence-electron chi connectivity index (χ4n) is 3.72. The lowest BCUT2D eigenvalue weighted by Gasteiger charge is -2.33. The second-order valence-corrected chi connectivity index (χ2v) is 10.6. The third kappa shape index (κ3) is 5.22. The molecule has 8 nitrogen and oxygen atoms in total. The molecule has 0 aliphatic carbocycles. The van der Waals surface area contributed by atoms with E-state index in [9.17, 15) is 22.4 Å². The zero-order valence-electron chi connectivity index (χ0n) is 17.2. The predicted octanol–water partition coefficient (Wildman–Crippen LogP) is 2.34. The number of likely N-dealkylation sites (tertiary alicyclic amines) is 1. The Labute approximate surface area is 189 Å². The van der Waals surface area contributed by atoms with Gasteiger partial charge in [0.2, 0.25) is 15.9 Å². The standard InChI is InChI=1S/C21H23FN4O4S2/c22-16-5-3-15(4-6-16)14-26-19(27)8-7-18(23-26)21(28)25-11-9-17(10-12-25)24-32(29,30)20-2-1-13-31-20/h1-6,13,17,24H,7-12,14H2. The van der Waals surface area contributed by atoms with E-state index < -0.39 is 10.0 Å². The van der Waals surface area contributed by atoms with Crippen LogP contribution in [-0.2, 0) is 26.2 Å². The SMILES string of the molecule is O=C(C1=NN(Cc2ccc(F)cc2)C(=O)CC1)N1CCC(NS(=O)(=O)c2cccs2)CC1. The van der Waals surface area contributed by atoms with Crippen molar-refractivity contribution in [3.05, 3.63) is 53.2 Å². The van der Waals surface area contributed by atoms with Gasteiger partial charge in [-0.1, -0.05) is 18.2 Å². The van der Waals surface area contributed by atoms with Gasteiger partial charge in [-0.05, 0) is 42.0 Å². The summed E-state index contributed by atoms with van der Waals surface area (Å²) >= 11 is 1.16. The first-order valence-electron chi connectivity index (χ1n) is 10.3. The van der Waals surface area contributed by atoms with Gasteiger partial charge >= 0.3 is 0 Å². The molecule has 0 atom stereocenters. The molecule has 2 amide bonds. The molecule has 32 heavy (non-hydrogen) atoms. The molecular weight excluding hydrogens is 455 g/mol. The molecule has 0 saturated carbocycles. The minimum atomic E-state index is -3.55. The maximum absolute atomic E-state index is 13.1. The third-order valence-corrected chi connectivity index (χ3v) is 8.38. The molecule has 0 spiro atoms. The second-order valence-electron chi connectivity index (χ2n) is 7.74. The van der Waals surface area contributed by atoms with Crippen molar-refractivity contribution in [3.63, 3.8) is 0 Å². The second kappa shape index (κ2) is 9.47. The van der Waals surface area contributed by atoms with Gasteiger partial charge in [0.05, 0.1) is 6.54 Å². The van der Waals surface area contributed by atoms with Crippen molar-refractivity contribution in [1.82, 2.24) is 14.6 Å². The predicted molar refractivity (Wildman–Crippen MR) is 118 cm³/mol. The maximum atomic E-state index is 13.1. The summed E-state index contributed by atoms with van der Waals surface area (Å²) in [6, 6.07) is 8.80. The molecule has 2 aliphatic rings. The van der Waals surface area contributed by atoms with Gasteiger partial charge < -0.3 is 4.90 Å². The Morgan fingerprint density at radius 3 is 2.53 bits per heavy atom. The van der Waals surface area contributed by atoms with Crippen LogP contribution in [0.3, 0.4) is 0 Å². The number of benzene rings is 1. The van der Waals surface area contributed by atoms with Gasteiger partial charge in [0, 0.05) is 32.0 Å². The van der Waals surface area contributed by atoms with Crippen LogP contribution in [0.25, 0.3) is 0 Å². The Balaban J connectivity index is 1.36. The van der Waals surface area contributed by atoms with E-state index in [1.54, 1.807) is 34.5 Å². The van der Waals surface area contributed by atoms with Crippen LogP contribution >= 0.6 is 11.3 Å². The molecule has 11 heteroatoms. The maximum Gasteiger partial charge on any atom is 0.270 e. The van der Waals surface area contributed by atoms with E-state index in [-0.39, 0.29) is 47.3 Å². The number of hydrogen-bond donors (Lipinski definition) is 1. The first-order valence-corrected chi connectivity index (χ1v) is 12.7. The smallest absolute Gasteiger partial charge is 0.270 e.